The zero-order valence-electron chi connectivity index (χ0n) is 15.0. The van der Waals surface area contributed by atoms with E-state index in [1.807, 2.05) is 0 Å². The fraction of sp³-hybridized carbons (Fsp3) is 0.286. The molecular weight excluding hydrogens is 369 g/mol. The summed E-state index contributed by atoms with van der Waals surface area (Å²) < 4.78 is 38.0. The molecule has 3 rings (SSSR count). The van der Waals surface area contributed by atoms with Gasteiger partial charge in [0.15, 0.2) is 5.78 Å². The van der Waals surface area contributed by atoms with E-state index in [9.17, 15) is 22.8 Å². The van der Waals surface area contributed by atoms with Gasteiger partial charge in [-0.05, 0) is 48.7 Å². The number of alkyl halides is 3. The summed E-state index contributed by atoms with van der Waals surface area (Å²) in [6, 6.07) is 7.78. The van der Waals surface area contributed by atoms with Crippen molar-refractivity contribution in [1.82, 2.24) is 9.88 Å². The van der Waals surface area contributed by atoms with Crippen molar-refractivity contribution < 1.29 is 22.8 Å². The van der Waals surface area contributed by atoms with E-state index in [1.165, 1.54) is 18.2 Å². The number of rotatable bonds is 4. The van der Waals surface area contributed by atoms with Crippen LogP contribution < -0.4 is 0 Å². The van der Waals surface area contributed by atoms with Gasteiger partial charge in [0.1, 0.15) is 0 Å². The van der Waals surface area contributed by atoms with E-state index in [2.05, 4.69) is 4.98 Å². The fourth-order valence-corrected chi connectivity index (χ4v) is 3.20. The van der Waals surface area contributed by atoms with Crippen LogP contribution >= 0.6 is 0 Å². The number of pyridine rings is 1. The summed E-state index contributed by atoms with van der Waals surface area (Å²) in [4.78, 5) is 30.6. The summed E-state index contributed by atoms with van der Waals surface area (Å²) in [5.74, 6) is -0.838. The van der Waals surface area contributed by atoms with Crippen LogP contribution in [0.1, 0.15) is 34.3 Å². The van der Waals surface area contributed by atoms with Crippen LogP contribution in [0.3, 0.4) is 0 Å². The van der Waals surface area contributed by atoms with Crippen LogP contribution in [-0.4, -0.2) is 34.7 Å². The molecule has 0 aliphatic carbocycles. The van der Waals surface area contributed by atoms with Crippen molar-refractivity contribution in [1.29, 1.82) is 0 Å². The minimum atomic E-state index is -4.43. The number of likely N-dealkylation sites (tertiary alicyclic amines) is 1. The van der Waals surface area contributed by atoms with Crippen LogP contribution in [0.4, 0.5) is 13.2 Å². The molecule has 1 fully saturated rings. The van der Waals surface area contributed by atoms with Gasteiger partial charge in [0.25, 0.3) is 0 Å². The summed E-state index contributed by atoms with van der Waals surface area (Å²) >= 11 is 0. The number of nitrogens with zero attached hydrogens (tertiary/aromatic N) is 2. The first-order valence-electron chi connectivity index (χ1n) is 8.93. The second-order valence-corrected chi connectivity index (χ2v) is 6.68. The Kier molecular flexibility index (Phi) is 5.92. The molecule has 28 heavy (non-hydrogen) atoms. The quantitative estimate of drug-likeness (QED) is 0.582. The van der Waals surface area contributed by atoms with Crippen molar-refractivity contribution in [2.75, 3.05) is 13.1 Å². The fourth-order valence-electron chi connectivity index (χ4n) is 3.20. The molecule has 1 aliphatic heterocycles. The minimum Gasteiger partial charge on any atom is -0.338 e. The molecule has 0 radical (unpaired) electrons. The number of Topliss-reactive ketones (excluding diaryl/α,β-unsaturated/α-hetero) is 1. The molecule has 4 nitrogen and oxygen atoms in total. The van der Waals surface area contributed by atoms with Crippen molar-refractivity contribution in [2.45, 2.75) is 19.0 Å². The van der Waals surface area contributed by atoms with Crippen LogP contribution in [0.25, 0.3) is 6.08 Å². The average Bonchev–Trinajstić information content (AvgIpc) is 2.72. The maximum absolute atomic E-state index is 12.7. The third kappa shape index (κ3) is 4.85. The number of hydrogen-bond acceptors (Lipinski definition) is 3. The zero-order valence-corrected chi connectivity index (χ0v) is 15.0. The lowest BCUT2D eigenvalue weighted by atomic mass is 9.89. The Labute approximate surface area is 160 Å². The molecule has 1 aromatic heterocycles. The third-order valence-electron chi connectivity index (χ3n) is 4.73. The maximum Gasteiger partial charge on any atom is 0.416 e. The molecule has 1 aromatic carbocycles. The van der Waals surface area contributed by atoms with Crippen LogP contribution in [0.15, 0.2) is 54.9 Å². The summed E-state index contributed by atoms with van der Waals surface area (Å²) in [6.07, 6.45) is 3.25. The number of benzene rings is 1. The SMILES string of the molecule is O=C(c1ccc(C(F)(F)F)cc1)C1CCCN(C(=O)/C=C/c2ccncc2)C1. The molecule has 1 atom stereocenters. The zero-order chi connectivity index (χ0) is 20.1. The third-order valence-corrected chi connectivity index (χ3v) is 4.73. The Morgan fingerprint density at radius 3 is 2.39 bits per heavy atom. The normalized spacial score (nSPS) is 17.7. The predicted octanol–water partition coefficient (Wildman–Crippen LogP) is 4.24. The highest BCUT2D eigenvalue weighted by Gasteiger charge is 2.32. The molecule has 0 N–H and O–H groups in total. The topological polar surface area (TPSA) is 50.3 Å². The first kappa shape index (κ1) is 19.8. The van der Waals surface area contributed by atoms with E-state index in [0.717, 1.165) is 17.7 Å². The van der Waals surface area contributed by atoms with E-state index >= 15 is 0 Å². The largest absolute Gasteiger partial charge is 0.416 e. The Hall–Kier alpha value is -2.96. The van der Waals surface area contributed by atoms with Gasteiger partial charge in [0.05, 0.1) is 5.56 Å². The standard InChI is InChI=1S/C21H19F3N2O2/c22-21(23,24)18-6-4-16(5-7-18)20(28)17-2-1-13-26(14-17)19(27)8-3-15-9-11-25-12-10-15/h3-12,17H,1-2,13-14H2/b8-3+. The monoisotopic (exact) mass is 388 g/mol. The number of halogens is 3. The molecule has 7 heteroatoms. The summed E-state index contributed by atoms with van der Waals surface area (Å²) in [5, 5.41) is 0. The molecule has 1 unspecified atom stereocenters. The lowest BCUT2D eigenvalue weighted by molar-refractivity contribution is -0.137. The van der Waals surface area contributed by atoms with Crippen molar-refractivity contribution in [3.63, 3.8) is 0 Å². The summed E-state index contributed by atoms with van der Waals surface area (Å²) in [6.45, 7) is 0.815. The van der Waals surface area contributed by atoms with Gasteiger partial charge < -0.3 is 4.90 Å². The molecule has 2 heterocycles. The molecule has 1 amide bonds. The van der Waals surface area contributed by atoms with Crippen LogP contribution in [-0.2, 0) is 11.0 Å². The number of aromatic nitrogens is 1. The second kappa shape index (κ2) is 8.37. The Balaban J connectivity index is 1.64. The maximum atomic E-state index is 12.7. The van der Waals surface area contributed by atoms with Gasteiger partial charge in [-0.1, -0.05) is 12.1 Å². The predicted molar refractivity (Wildman–Crippen MR) is 98.3 cm³/mol. The Bertz CT molecular complexity index is 861. The van der Waals surface area contributed by atoms with Crippen LogP contribution in [0.5, 0.6) is 0 Å². The molecule has 1 saturated heterocycles. The van der Waals surface area contributed by atoms with Crippen molar-refractivity contribution in [3.8, 4) is 0 Å². The first-order chi connectivity index (χ1) is 13.3. The smallest absolute Gasteiger partial charge is 0.338 e. The second-order valence-electron chi connectivity index (χ2n) is 6.68. The van der Waals surface area contributed by atoms with E-state index in [4.69, 9.17) is 0 Å². The lowest BCUT2D eigenvalue weighted by Gasteiger charge is -2.31. The summed E-state index contributed by atoms with van der Waals surface area (Å²) in [5.41, 5.74) is 0.295. The minimum absolute atomic E-state index is 0.193. The number of hydrogen-bond donors (Lipinski definition) is 0. The average molecular weight is 388 g/mol. The number of carbonyl (C=O) groups is 2. The molecular formula is C21H19F3N2O2. The Morgan fingerprint density at radius 1 is 1.07 bits per heavy atom. The molecule has 146 valence electrons. The number of carbonyl (C=O) groups excluding carboxylic acids is 2. The highest BCUT2D eigenvalue weighted by molar-refractivity contribution is 5.99. The highest BCUT2D eigenvalue weighted by atomic mass is 19.4. The van der Waals surface area contributed by atoms with E-state index in [0.29, 0.717) is 19.4 Å². The molecule has 0 bridgehead atoms. The molecule has 1 aliphatic rings. The van der Waals surface area contributed by atoms with E-state index in [-0.39, 0.29) is 23.8 Å². The van der Waals surface area contributed by atoms with Crippen molar-refractivity contribution in [3.05, 3.63) is 71.6 Å². The van der Waals surface area contributed by atoms with Crippen LogP contribution in [0, 0.1) is 5.92 Å². The van der Waals surface area contributed by atoms with Gasteiger partial charge in [-0.25, -0.2) is 0 Å². The van der Waals surface area contributed by atoms with Gasteiger partial charge in [-0.2, -0.15) is 13.2 Å². The van der Waals surface area contributed by atoms with Crippen LogP contribution in [0.2, 0.25) is 0 Å². The molecule has 0 spiro atoms. The Morgan fingerprint density at radius 2 is 1.75 bits per heavy atom. The van der Waals surface area contributed by atoms with Gasteiger partial charge >= 0.3 is 6.18 Å². The summed E-state index contributed by atoms with van der Waals surface area (Å²) in [7, 11) is 0. The number of ketones is 1. The van der Waals surface area contributed by atoms with Gasteiger partial charge in [0.2, 0.25) is 5.91 Å². The van der Waals surface area contributed by atoms with E-state index < -0.39 is 17.7 Å². The van der Waals surface area contributed by atoms with Crippen molar-refractivity contribution in [2.24, 2.45) is 5.92 Å². The number of amides is 1. The molecule has 2 aromatic rings. The molecule has 0 saturated carbocycles. The lowest BCUT2D eigenvalue weighted by Crippen LogP contribution is -2.41. The first-order valence-corrected chi connectivity index (χ1v) is 8.93. The van der Waals surface area contributed by atoms with Crippen molar-refractivity contribution >= 4 is 17.8 Å². The van der Waals surface area contributed by atoms with Gasteiger partial charge in [0, 0.05) is 43.0 Å². The number of piperidine rings is 1. The van der Waals surface area contributed by atoms with Gasteiger partial charge in [-0.3, -0.25) is 14.6 Å². The van der Waals surface area contributed by atoms with E-state index in [1.54, 1.807) is 35.5 Å². The highest BCUT2D eigenvalue weighted by Crippen LogP contribution is 2.30. The van der Waals surface area contributed by atoms with Gasteiger partial charge in [-0.15, -0.1) is 0 Å².